The fourth-order valence-electron chi connectivity index (χ4n) is 3.15. The monoisotopic (exact) mass is 403 g/mol. The van der Waals surface area contributed by atoms with E-state index >= 15 is 0 Å². The second-order valence-corrected chi connectivity index (χ2v) is 7.40. The molecule has 29 heavy (non-hydrogen) atoms. The quantitative estimate of drug-likeness (QED) is 0.715. The van der Waals surface area contributed by atoms with Crippen molar-refractivity contribution >= 4 is 11.6 Å². The zero-order valence-corrected chi connectivity index (χ0v) is 17.5. The highest BCUT2D eigenvalue weighted by molar-refractivity contribution is 5.92. The molecule has 1 N–H and O–H groups in total. The Hall–Kier alpha value is -2.65. The highest BCUT2D eigenvalue weighted by Gasteiger charge is 2.21. The van der Waals surface area contributed by atoms with Gasteiger partial charge in [0.05, 0.1) is 27.3 Å². The van der Waals surface area contributed by atoms with Crippen LogP contribution in [0.25, 0.3) is 0 Å². The van der Waals surface area contributed by atoms with Crippen molar-refractivity contribution in [3.05, 3.63) is 29.9 Å². The molecule has 2 aromatic rings. The number of ether oxygens (including phenoxy) is 2. The molecule has 1 aromatic heterocycles. The number of benzene rings is 1. The molecule has 0 spiro atoms. The molecule has 1 aliphatic rings. The zero-order valence-electron chi connectivity index (χ0n) is 17.5. The molecular formula is C20H29N5O4. The van der Waals surface area contributed by atoms with Crippen molar-refractivity contribution in [2.75, 3.05) is 52.3 Å². The highest BCUT2D eigenvalue weighted by atomic mass is 16.5. The lowest BCUT2D eigenvalue weighted by Crippen LogP contribution is -2.48. The molecule has 0 aliphatic carbocycles. The third-order valence-corrected chi connectivity index (χ3v) is 4.83. The van der Waals surface area contributed by atoms with Crippen molar-refractivity contribution in [2.24, 2.45) is 0 Å². The van der Waals surface area contributed by atoms with Gasteiger partial charge in [0.2, 0.25) is 11.8 Å². The SMILES string of the molecule is COc1cc(NC(=O)CN2CCN(Cc3nc(C(C)C)no3)CC2)cc(OC)c1. The first-order valence-electron chi connectivity index (χ1n) is 9.77. The number of nitrogens with zero attached hydrogens (tertiary/aromatic N) is 4. The molecule has 9 heteroatoms. The molecule has 3 rings (SSSR count). The molecule has 2 heterocycles. The van der Waals surface area contributed by atoms with E-state index in [1.165, 1.54) is 0 Å². The Morgan fingerprint density at radius 2 is 1.72 bits per heavy atom. The molecule has 0 radical (unpaired) electrons. The number of methoxy groups -OCH3 is 2. The van der Waals surface area contributed by atoms with Gasteiger partial charge in [0.15, 0.2) is 5.82 Å². The lowest BCUT2D eigenvalue weighted by atomic mass is 10.2. The van der Waals surface area contributed by atoms with Crippen LogP contribution in [0, 0.1) is 0 Å². The summed E-state index contributed by atoms with van der Waals surface area (Å²) in [7, 11) is 3.16. The predicted molar refractivity (Wildman–Crippen MR) is 108 cm³/mol. The Balaban J connectivity index is 1.46. The molecule has 0 atom stereocenters. The number of piperazine rings is 1. The molecule has 1 amide bonds. The van der Waals surface area contributed by atoms with E-state index in [1.807, 2.05) is 13.8 Å². The second-order valence-electron chi connectivity index (χ2n) is 7.40. The van der Waals surface area contributed by atoms with E-state index in [-0.39, 0.29) is 11.8 Å². The van der Waals surface area contributed by atoms with E-state index in [9.17, 15) is 4.79 Å². The molecule has 158 valence electrons. The molecule has 1 fully saturated rings. The summed E-state index contributed by atoms with van der Waals surface area (Å²) in [5.41, 5.74) is 0.655. The number of carbonyl (C=O) groups is 1. The smallest absolute Gasteiger partial charge is 0.240 e. The zero-order chi connectivity index (χ0) is 20.8. The first kappa shape index (κ1) is 21.1. The van der Waals surface area contributed by atoms with E-state index in [2.05, 4.69) is 25.3 Å². The van der Waals surface area contributed by atoms with Crippen molar-refractivity contribution in [3.63, 3.8) is 0 Å². The van der Waals surface area contributed by atoms with Crippen molar-refractivity contribution in [3.8, 4) is 11.5 Å². The average molecular weight is 403 g/mol. The van der Waals surface area contributed by atoms with Gasteiger partial charge in [-0.1, -0.05) is 19.0 Å². The molecule has 0 unspecified atom stereocenters. The van der Waals surface area contributed by atoms with Gasteiger partial charge in [-0.3, -0.25) is 14.6 Å². The summed E-state index contributed by atoms with van der Waals surface area (Å²) < 4.78 is 15.8. The minimum atomic E-state index is -0.0627. The number of rotatable bonds is 8. The number of anilines is 1. The normalized spacial score (nSPS) is 15.5. The first-order chi connectivity index (χ1) is 14.0. The van der Waals surface area contributed by atoms with E-state index < -0.39 is 0 Å². The van der Waals surface area contributed by atoms with Crippen LogP contribution in [0.4, 0.5) is 5.69 Å². The summed E-state index contributed by atoms with van der Waals surface area (Å²) in [5, 5.41) is 6.92. The molecule has 0 saturated carbocycles. The van der Waals surface area contributed by atoms with Crippen molar-refractivity contribution in [2.45, 2.75) is 26.3 Å². The van der Waals surface area contributed by atoms with Crippen molar-refractivity contribution in [1.29, 1.82) is 0 Å². The van der Waals surface area contributed by atoms with Crippen molar-refractivity contribution < 1.29 is 18.8 Å². The number of hydrogen-bond donors (Lipinski definition) is 1. The van der Waals surface area contributed by atoms with Crippen LogP contribution in [-0.4, -0.2) is 72.8 Å². The summed E-state index contributed by atoms with van der Waals surface area (Å²) in [5.74, 6) is 2.85. The van der Waals surface area contributed by atoms with E-state index in [0.29, 0.717) is 36.2 Å². The van der Waals surface area contributed by atoms with E-state index in [0.717, 1.165) is 32.0 Å². The summed E-state index contributed by atoms with van der Waals surface area (Å²) >= 11 is 0. The van der Waals surface area contributed by atoms with E-state index in [4.69, 9.17) is 14.0 Å². The highest BCUT2D eigenvalue weighted by Crippen LogP contribution is 2.25. The Morgan fingerprint density at radius 3 is 2.28 bits per heavy atom. The molecule has 1 aliphatic heterocycles. The van der Waals surface area contributed by atoms with Crippen LogP contribution in [0.1, 0.15) is 31.5 Å². The van der Waals surface area contributed by atoms with Gasteiger partial charge in [0, 0.05) is 56.0 Å². The largest absolute Gasteiger partial charge is 0.497 e. The van der Waals surface area contributed by atoms with Gasteiger partial charge in [-0.2, -0.15) is 4.98 Å². The van der Waals surface area contributed by atoms with Crippen LogP contribution in [0.15, 0.2) is 22.7 Å². The van der Waals surface area contributed by atoms with Crippen LogP contribution in [0.5, 0.6) is 11.5 Å². The minimum absolute atomic E-state index is 0.0627. The number of nitrogens with one attached hydrogen (secondary N) is 1. The standard InChI is InChI=1S/C20H29N5O4/c1-14(2)20-22-19(29-23-20)13-25-7-5-24(6-8-25)12-18(26)21-15-9-16(27-3)11-17(10-15)28-4/h9-11,14H,5-8,12-13H2,1-4H3,(H,21,26). The van der Waals surface area contributed by atoms with E-state index in [1.54, 1.807) is 32.4 Å². The Labute approximate surface area is 171 Å². The maximum Gasteiger partial charge on any atom is 0.240 e. The maximum atomic E-state index is 12.4. The van der Waals surface area contributed by atoms with Crippen LogP contribution >= 0.6 is 0 Å². The summed E-state index contributed by atoms with van der Waals surface area (Å²) in [6.07, 6.45) is 0. The van der Waals surface area contributed by atoms with Crippen LogP contribution in [0.2, 0.25) is 0 Å². The van der Waals surface area contributed by atoms with Crippen molar-refractivity contribution in [1.82, 2.24) is 19.9 Å². The number of amides is 1. The van der Waals surface area contributed by atoms with Crippen LogP contribution in [0.3, 0.4) is 0 Å². The van der Waals surface area contributed by atoms with Gasteiger partial charge in [-0.25, -0.2) is 0 Å². The van der Waals surface area contributed by atoms with Gasteiger partial charge in [-0.05, 0) is 0 Å². The lowest BCUT2D eigenvalue weighted by molar-refractivity contribution is -0.117. The van der Waals surface area contributed by atoms with Crippen LogP contribution in [-0.2, 0) is 11.3 Å². The maximum absolute atomic E-state index is 12.4. The third-order valence-electron chi connectivity index (χ3n) is 4.83. The molecule has 0 bridgehead atoms. The first-order valence-corrected chi connectivity index (χ1v) is 9.77. The van der Waals surface area contributed by atoms with Gasteiger partial charge < -0.3 is 19.3 Å². The number of aromatic nitrogens is 2. The average Bonchev–Trinajstić information content (AvgIpc) is 3.18. The lowest BCUT2D eigenvalue weighted by Gasteiger charge is -2.33. The number of carbonyl (C=O) groups excluding carboxylic acids is 1. The molecule has 1 aromatic carbocycles. The van der Waals surface area contributed by atoms with Gasteiger partial charge in [-0.15, -0.1) is 0 Å². The summed E-state index contributed by atoms with van der Waals surface area (Å²) in [6, 6.07) is 5.31. The fraction of sp³-hybridized carbons (Fsp3) is 0.550. The Morgan fingerprint density at radius 1 is 1.10 bits per heavy atom. The molecule has 9 nitrogen and oxygen atoms in total. The topological polar surface area (TPSA) is 93.0 Å². The fourth-order valence-corrected chi connectivity index (χ4v) is 3.15. The Kier molecular flexibility index (Phi) is 7.05. The minimum Gasteiger partial charge on any atom is -0.497 e. The summed E-state index contributed by atoms with van der Waals surface area (Å²) in [4.78, 5) is 21.3. The Bertz CT molecular complexity index is 793. The second kappa shape index (κ2) is 9.71. The summed E-state index contributed by atoms with van der Waals surface area (Å²) in [6.45, 7) is 8.37. The number of hydrogen-bond acceptors (Lipinski definition) is 8. The molecule has 1 saturated heterocycles. The van der Waals surface area contributed by atoms with Gasteiger partial charge in [0.1, 0.15) is 11.5 Å². The van der Waals surface area contributed by atoms with Gasteiger partial charge in [0.25, 0.3) is 0 Å². The van der Waals surface area contributed by atoms with Crippen LogP contribution < -0.4 is 14.8 Å². The molecular weight excluding hydrogens is 374 g/mol. The predicted octanol–water partition coefficient (Wildman–Crippen LogP) is 1.97. The van der Waals surface area contributed by atoms with Gasteiger partial charge >= 0.3 is 0 Å². The third kappa shape index (κ3) is 5.91.